The van der Waals surface area contributed by atoms with E-state index in [0.29, 0.717) is 41.4 Å². The number of amides is 2. The highest BCUT2D eigenvalue weighted by molar-refractivity contribution is 9.13. The summed E-state index contributed by atoms with van der Waals surface area (Å²) in [5.74, 6) is -0.467. The van der Waals surface area contributed by atoms with Crippen molar-refractivity contribution in [3.63, 3.8) is 0 Å². The summed E-state index contributed by atoms with van der Waals surface area (Å²) in [5.41, 5.74) is 15.2. The van der Waals surface area contributed by atoms with Crippen molar-refractivity contribution in [3.8, 4) is 0 Å². The van der Waals surface area contributed by atoms with Gasteiger partial charge in [-0.05, 0) is 78.2 Å². The number of carbonyl (C=O) groups excluding carboxylic acids is 2. The van der Waals surface area contributed by atoms with Gasteiger partial charge in [-0.25, -0.2) is 9.97 Å². The molecule has 0 saturated heterocycles. The van der Waals surface area contributed by atoms with E-state index in [2.05, 4.69) is 88.3 Å². The Balaban J connectivity index is 1.44. The molecule has 10 N–H and O–H groups in total. The molecule has 4 aromatic heterocycles. The number of aromatic amines is 4. The molecule has 1 aliphatic carbocycles. The first kappa shape index (κ1) is 25.6. The Morgan fingerprint density at radius 2 is 1.76 bits per heavy atom. The number of fused-ring (bicyclic) bond motifs is 1. The molecule has 194 valence electrons. The molecule has 37 heavy (non-hydrogen) atoms. The van der Waals surface area contributed by atoms with Crippen LogP contribution in [0.15, 0.2) is 38.1 Å². The van der Waals surface area contributed by atoms with Crippen LogP contribution in [0.5, 0.6) is 0 Å². The topological polar surface area (TPSA) is 199 Å². The van der Waals surface area contributed by atoms with E-state index < -0.39 is 0 Å². The van der Waals surface area contributed by atoms with Crippen LogP contribution in [-0.2, 0) is 6.42 Å². The molecule has 0 fully saturated rings. The summed E-state index contributed by atoms with van der Waals surface area (Å²) in [6.07, 6.45) is 3.94. The van der Waals surface area contributed by atoms with Crippen LogP contribution < -0.4 is 22.1 Å². The maximum Gasteiger partial charge on any atom is 0.267 e. The smallest absolute Gasteiger partial charge is 0.267 e. The molecule has 0 spiro atoms. The molecule has 0 saturated carbocycles. The highest BCUT2D eigenvalue weighted by atomic mass is 79.9. The van der Waals surface area contributed by atoms with Gasteiger partial charge in [-0.3, -0.25) is 9.59 Å². The second-order valence-corrected chi connectivity index (χ2v) is 11.4. The zero-order valence-corrected chi connectivity index (χ0v) is 23.9. The number of anilines is 2. The molecule has 5 rings (SSSR count). The summed E-state index contributed by atoms with van der Waals surface area (Å²) in [5, 5.41) is 6.05. The third-order valence-corrected chi connectivity index (χ3v) is 8.70. The number of nitrogens with zero attached hydrogens (tertiary/aromatic N) is 2. The fourth-order valence-corrected chi connectivity index (χ4v) is 5.79. The minimum atomic E-state index is -0.300. The fourth-order valence-electron chi connectivity index (χ4n) is 4.79. The van der Waals surface area contributed by atoms with Crippen LogP contribution in [0.2, 0.25) is 0 Å². The third-order valence-electron chi connectivity index (χ3n) is 6.46. The Morgan fingerprint density at radius 3 is 2.41 bits per heavy atom. The monoisotopic (exact) mass is 696 g/mol. The Labute approximate surface area is 235 Å². The SMILES string of the molecule is Nc1ncc([C@H]2c3nc(N)[nH]c3CC(CNC(=O)c3cc(Br)c[nH]3)[C@H]2CNC(=O)c2cc(Br)c(Br)[nH]2)[nH]1. The molecule has 0 aliphatic heterocycles. The van der Waals surface area contributed by atoms with Crippen molar-refractivity contribution in [2.24, 2.45) is 11.8 Å². The largest absolute Gasteiger partial charge is 0.369 e. The van der Waals surface area contributed by atoms with Gasteiger partial charge in [-0.2, -0.15) is 0 Å². The summed E-state index contributed by atoms with van der Waals surface area (Å²) < 4.78 is 2.21. The lowest BCUT2D eigenvalue weighted by molar-refractivity contribution is 0.0906. The molecule has 2 amide bonds. The summed E-state index contributed by atoms with van der Waals surface area (Å²) in [6, 6.07) is 3.41. The molecule has 0 aromatic carbocycles. The summed E-state index contributed by atoms with van der Waals surface area (Å²) in [6.45, 7) is 0.658. The Morgan fingerprint density at radius 1 is 1.00 bits per heavy atom. The van der Waals surface area contributed by atoms with Crippen molar-refractivity contribution < 1.29 is 9.59 Å². The highest BCUT2D eigenvalue weighted by Gasteiger charge is 2.41. The van der Waals surface area contributed by atoms with Crippen molar-refractivity contribution in [1.82, 2.24) is 40.5 Å². The van der Waals surface area contributed by atoms with Crippen LogP contribution in [0.25, 0.3) is 0 Å². The highest BCUT2D eigenvalue weighted by Crippen LogP contribution is 2.42. The number of hydrogen-bond acceptors (Lipinski definition) is 6. The average molecular weight is 699 g/mol. The number of nitrogen functional groups attached to an aromatic ring is 2. The fraction of sp³-hybridized carbons (Fsp3) is 0.273. The van der Waals surface area contributed by atoms with Gasteiger partial charge in [0.2, 0.25) is 0 Å². The second-order valence-electron chi connectivity index (χ2n) is 8.81. The third kappa shape index (κ3) is 5.33. The van der Waals surface area contributed by atoms with Crippen molar-refractivity contribution in [2.45, 2.75) is 12.3 Å². The molecule has 0 radical (unpaired) electrons. The van der Waals surface area contributed by atoms with Crippen molar-refractivity contribution >= 4 is 71.5 Å². The molecule has 1 aliphatic rings. The average Bonchev–Trinajstić information content (AvgIpc) is 3.63. The van der Waals surface area contributed by atoms with E-state index in [-0.39, 0.29) is 35.5 Å². The first-order valence-electron chi connectivity index (χ1n) is 11.3. The molecule has 3 atom stereocenters. The first-order chi connectivity index (χ1) is 17.7. The lowest BCUT2D eigenvalue weighted by atomic mass is 9.71. The number of imidazole rings is 2. The van der Waals surface area contributed by atoms with Crippen LogP contribution in [-0.4, -0.2) is 54.8 Å². The maximum absolute atomic E-state index is 13.0. The normalized spacial score (nSPS) is 18.9. The van der Waals surface area contributed by atoms with E-state index in [4.69, 9.17) is 11.5 Å². The lowest BCUT2D eigenvalue weighted by Gasteiger charge is -2.37. The van der Waals surface area contributed by atoms with Crippen molar-refractivity contribution in [2.75, 3.05) is 24.6 Å². The van der Waals surface area contributed by atoms with E-state index in [9.17, 15) is 9.59 Å². The van der Waals surface area contributed by atoms with E-state index in [1.165, 1.54) is 0 Å². The van der Waals surface area contributed by atoms with E-state index in [1.807, 2.05) is 0 Å². The van der Waals surface area contributed by atoms with Gasteiger partial charge in [-0.1, -0.05) is 0 Å². The zero-order chi connectivity index (χ0) is 26.3. The van der Waals surface area contributed by atoms with Crippen LogP contribution >= 0.6 is 47.8 Å². The molecule has 4 heterocycles. The van der Waals surface area contributed by atoms with Gasteiger partial charge in [0, 0.05) is 41.1 Å². The van der Waals surface area contributed by atoms with Gasteiger partial charge >= 0.3 is 0 Å². The molecular weight excluding hydrogens is 676 g/mol. The number of halogens is 3. The van der Waals surface area contributed by atoms with E-state index in [0.717, 1.165) is 26.0 Å². The van der Waals surface area contributed by atoms with Crippen LogP contribution in [0.3, 0.4) is 0 Å². The standard InChI is InChI=1S/C22H23Br3N10O2/c23-9-2-13(28-5-9)19(36)29-4-8-1-12-17(35-22(27)33-12)16(15-7-31-21(26)34-15)10(8)6-30-20(37)14-3-11(24)18(25)32-14/h2-3,5,7-8,10,16,28,32H,1,4,6H2,(H,29,36)(H,30,37)(H3,26,31,34)(H3,27,33,35)/t8?,10-,16+/m1/s1. The van der Waals surface area contributed by atoms with Gasteiger partial charge < -0.3 is 42.0 Å². The lowest BCUT2D eigenvalue weighted by Crippen LogP contribution is -2.44. The van der Waals surface area contributed by atoms with Crippen LogP contribution in [0, 0.1) is 11.8 Å². The summed E-state index contributed by atoms with van der Waals surface area (Å²) >= 11 is 10.1. The molecular formula is C22H23Br3N10O2. The quantitative estimate of drug-likeness (QED) is 0.146. The number of H-pyrrole nitrogens is 4. The maximum atomic E-state index is 13.0. The van der Waals surface area contributed by atoms with E-state index >= 15 is 0 Å². The van der Waals surface area contributed by atoms with Gasteiger partial charge in [0.25, 0.3) is 11.8 Å². The number of aromatic nitrogens is 6. The number of carbonyl (C=O) groups is 2. The van der Waals surface area contributed by atoms with Gasteiger partial charge in [0.1, 0.15) is 11.4 Å². The number of nitrogens with two attached hydrogens (primary N) is 2. The molecule has 4 aromatic rings. The zero-order valence-electron chi connectivity index (χ0n) is 19.2. The number of hydrogen-bond donors (Lipinski definition) is 8. The van der Waals surface area contributed by atoms with E-state index in [1.54, 1.807) is 24.5 Å². The Bertz CT molecular complexity index is 1430. The molecule has 15 heteroatoms. The predicted octanol–water partition coefficient (Wildman–Crippen LogP) is 3.02. The number of nitrogens with one attached hydrogen (secondary N) is 6. The summed E-state index contributed by atoms with van der Waals surface area (Å²) in [7, 11) is 0. The summed E-state index contributed by atoms with van der Waals surface area (Å²) in [4.78, 5) is 46.7. The van der Waals surface area contributed by atoms with Crippen molar-refractivity contribution in [1.29, 1.82) is 0 Å². The van der Waals surface area contributed by atoms with Gasteiger partial charge in [0.15, 0.2) is 11.9 Å². The second kappa shape index (κ2) is 10.4. The Hall–Kier alpha value is -3.04. The predicted molar refractivity (Wildman–Crippen MR) is 148 cm³/mol. The van der Waals surface area contributed by atoms with Gasteiger partial charge in [-0.15, -0.1) is 0 Å². The molecule has 1 unspecified atom stereocenters. The van der Waals surface area contributed by atoms with Crippen molar-refractivity contribution in [3.05, 3.63) is 66.5 Å². The minimum absolute atomic E-state index is 0.0772. The molecule has 12 nitrogen and oxygen atoms in total. The van der Waals surface area contributed by atoms with Gasteiger partial charge in [0.05, 0.1) is 21.0 Å². The van der Waals surface area contributed by atoms with Crippen LogP contribution in [0.4, 0.5) is 11.9 Å². The minimum Gasteiger partial charge on any atom is -0.369 e. The Kier molecular flexibility index (Phi) is 7.18. The first-order valence-corrected chi connectivity index (χ1v) is 13.7. The molecule has 0 bridgehead atoms. The number of rotatable bonds is 7. The van der Waals surface area contributed by atoms with Crippen LogP contribution in [0.1, 0.15) is 44.0 Å².